The molecular formula is C17H26N6O2. The topological polar surface area (TPSA) is 83.4 Å². The van der Waals surface area contributed by atoms with Gasteiger partial charge in [0.25, 0.3) is 0 Å². The lowest BCUT2D eigenvalue weighted by atomic mass is 10.2. The van der Waals surface area contributed by atoms with Crippen LogP contribution in [0.15, 0.2) is 0 Å². The lowest BCUT2D eigenvalue weighted by molar-refractivity contribution is -0.136. The predicted octanol–water partition coefficient (Wildman–Crippen LogP) is -0.0727. The Hall–Kier alpha value is -1.96. The highest BCUT2D eigenvalue weighted by molar-refractivity contribution is 5.90. The number of carbonyl (C=O) groups is 2. The summed E-state index contributed by atoms with van der Waals surface area (Å²) >= 11 is 0. The Morgan fingerprint density at radius 2 is 1.88 bits per heavy atom. The van der Waals surface area contributed by atoms with Gasteiger partial charge in [-0.2, -0.15) is 0 Å². The molecule has 2 fully saturated rings. The first kappa shape index (κ1) is 16.5. The summed E-state index contributed by atoms with van der Waals surface area (Å²) in [5.41, 5.74) is 0. The normalized spacial score (nSPS) is 24.7. The van der Waals surface area contributed by atoms with Gasteiger partial charge < -0.3 is 14.8 Å². The van der Waals surface area contributed by atoms with Gasteiger partial charge in [-0.3, -0.25) is 14.5 Å². The van der Waals surface area contributed by atoms with Crippen LogP contribution < -0.4 is 5.32 Å². The minimum Gasteiger partial charge on any atom is -0.344 e. The lowest BCUT2D eigenvalue weighted by Crippen LogP contribution is -2.53. The molecular weight excluding hydrogens is 320 g/mol. The smallest absolute Gasteiger partial charge is 0.245 e. The Labute approximate surface area is 147 Å². The molecule has 1 aromatic heterocycles. The molecule has 136 valence electrons. The summed E-state index contributed by atoms with van der Waals surface area (Å²) < 4.78 is 2.29. The van der Waals surface area contributed by atoms with Gasteiger partial charge in [0, 0.05) is 45.6 Å². The van der Waals surface area contributed by atoms with E-state index in [0.29, 0.717) is 25.9 Å². The van der Waals surface area contributed by atoms with Gasteiger partial charge in [-0.15, -0.1) is 10.2 Å². The summed E-state index contributed by atoms with van der Waals surface area (Å²) in [7, 11) is 0. The lowest BCUT2D eigenvalue weighted by Gasteiger charge is -2.35. The number of carbonyl (C=O) groups excluding carboxylic acids is 2. The molecule has 25 heavy (non-hydrogen) atoms. The Morgan fingerprint density at radius 1 is 1.04 bits per heavy atom. The van der Waals surface area contributed by atoms with Gasteiger partial charge in [0.1, 0.15) is 17.7 Å². The third-order valence-electron chi connectivity index (χ3n) is 5.53. The van der Waals surface area contributed by atoms with Crippen molar-refractivity contribution in [2.75, 3.05) is 26.2 Å². The van der Waals surface area contributed by atoms with Crippen LogP contribution in [0, 0.1) is 0 Å². The number of aromatic nitrogens is 3. The van der Waals surface area contributed by atoms with Crippen LogP contribution in [0.5, 0.6) is 0 Å². The van der Waals surface area contributed by atoms with Crippen LogP contribution in [0.25, 0.3) is 0 Å². The van der Waals surface area contributed by atoms with Crippen molar-refractivity contribution < 1.29 is 9.59 Å². The first-order chi connectivity index (χ1) is 12.2. The van der Waals surface area contributed by atoms with E-state index in [1.165, 1.54) is 19.3 Å². The van der Waals surface area contributed by atoms with E-state index in [4.69, 9.17) is 0 Å². The Morgan fingerprint density at radius 3 is 2.64 bits per heavy atom. The standard InChI is InChI=1S/C17H26N6O2/c24-16-6-5-13(18-16)17(25)22-10-8-21(9-11-22)12-15-20-19-14-4-2-1-3-7-23(14)15/h13H,1-12H2,(H,18,24)/t13-/m0/s1. The van der Waals surface area contributed by atoms with Gasteiger partial charge in [0.05, 0.1) is 6.54 Å². The number of aryl methyl sites for hydroxylation is 1. The fraction of sp³-hybridized carbons (Fsp3) is 0.765. The molecule has 8 heteroatoms. The van der Waals surface area contributed by atoms with E-state index in [1.807, 2.05) is 4.90 Å². The first-order valence-electron chi connectivity index (χ1n) is 9.42. The molecule has 0 aliphatic carbocycles. The molecule has 0 spiro atoms. The van der Waals surface area contributed by atoms with Crippen LogP contribution in [-0.2, 0) is 29.1 Å². The van der Waals surface area contributed by atoms with Crippen molar-refractivity contribution in [3.05, 3.63) is 11.6 Å². The van der Waals surface area contributed by atoms with E-state index in [0.717, 1.165) is 44.2 Å². The van der Waals surface area contributed by atoms with Crippen molar-refractivity contribution in [1.29, 1.82) is 0 Å². The molecule has 0 unspecified atom stereocenters. The van der Waals surface area contributed by atoms with E-state index in [9.17, 15) is 9.59 Å². The highest BCUT2D eigenvalue weighted by atomic mass is 16.2. The third kappa shape index (κ3) is 3.53. The number of fused-ring (bicyclic) bond motifs is 1. The van der Waals surface area contributed by atoms with Crippen LogP contribution in [-0.4, -0.2) is 68.6 Å². The van der Waals surface area contributed by atoms with Crippen molar-refractivity contribution in [2.24, 2.45) is 0 Å². The molecule has 0 bridgehead atoms. The molecule has 0 aromatic carbocycles. The molecule has 1 N–H and O–H groups in total. The van der Waals surface area contributed by atoms with Crippen molar-refractivity contribution in [3.8, 4) is 0 Å². The molecule has 8 nitrogen and oxygen atoms in total. The van der Waals surface area contributed by atoms with E-state index < -0.39 is 0 Å². The van der Waals surface area contributed by atoms with Gasteiger partial charge >= 0.3 is 0 Å². The van der Waals surface area contributed by atoms with E-state index >= 15 is 0 Å². The van der Waals surface area contributed by atoms with Gasteiger partial charge in [0.15, 0.2) is 0 Å². The average molecular weight is 346 g/mol. The number of hydrogen-bond donors (Lipinski definition) is 1. The average Bonchev–Trinajstić information content (AvgIpc) is 3.14. The first-order valence-corrected chi connectivity index (χ1v) is 9.42. The molecule has 2 amide bonds. The summed E-state index contributed by atoms with van der Waals surface area (Å²) in [6.45, 7) is 4.94. The molecule has 1 aromatic rings. The largest absolute Gasteiger partial charge is 0.344 e. The molecule has 2 saturated heterocycles. The van der Waals surface area contributed by atoms with E-state index in [2.05, 4.69) is 25.0 Å². The SMILES string of the molecule is O=C1CC[C@@H](C(=O)N2CCN(Cc3nnc4n3CCCCC4)CC2)N1. The fourth-order valence-corrected chi connectivity index (χ4v) is 4.01. The van der Waals surface area contributed by atoms with Crippen LogP contribution in [0.3, 0.4) is 0 Å². The molecule has 0 radical (unpaired) electrons. The van der Waals surface area contributed by atoms with Crippen molar-refractivity contribution in [1.82, 2.24) is 29.9 Å². The van der Waals surface area contributed by atoms with Crippen LogP contribution in [0.4, 0.5) is 0 Å². The summed E-state index contributed by atoms with van der Waals surface area (Å²) in [6.07, 6.45) is 5.80. The molecule has 0 saturated carbocycles. The second-order valence-corrected chi connectivity index (χ2v) is 7.25. The van der Waals surface area contributed by atoms with E-state index in [1.54, 1.807) is 0 Å². The Balaban J connectivity index is 1.31. The van der Waals surface area contributed by atoms with Crippen molar-refractivity contribution >= 4 is 11.8 Å². The molecule has 3 aliphatic heterocycles. The van der Waals surface area contributed by atoms with Gasteiger partial charge in [-0.05, 0) is 19.3 Å². The Kier molecular flexibility index (Phi) is 4.70. The molecule has 4 rings (SSSR count). The number of piperazine rings is 1. The zero-order chi connectivity index (χ0) is 17.2. The summed E-state index contributed by atoms with van der Waals surface area (Å²) in [6, 6.07) is -0.314. The molecule has 3 aliphatic rings. The number of hydrogen-bond acceptors (Lipinski definition) is 5. The maximum absolute atomic E-state index is 12.5. The van der Waals surface area contributed by atoms with Gasteiger partial charge in [0.2, 0.25) is 11.8 Å². The van der Waals surface area contributed by atoms with Gasteiger partial charge in [-0.1, -0.05) is 6.42 Å². The number of nitrogens with zero attached hydrogens (tertiary/aromatic N) is 5. The zero-order valence-corrected chi connectivity index (χ0v) is 14.6. The highest BCUT2D eigenvalue weighted by Gasteiger charge is 2.32. The quantitative estimate of drug-likeness (QED) is 0.828. The summed E-state index contributed by atoms with van der Waals surface area (Å²) in [5, 5.41) is 11.5. The van der Waals surface area contributed by atoms with Crippen LogP contribution >= 0.6 is 0 Å². The number of amides is 2. The van der Waals surface area contributed by atoms with Crippen LogP contribution in [0.1, 0.15) is 43.8 Å². The third-order valence-corrected chi connectivity index (χ3v) is 5.53. The fourth-order valence-electron chi connectivity index (χ4n) is 4.01. The summed E-state index contributed by atoms with van der Waals surface area (Å²) in [5.74, 6) is 2.24. The maximum Gasteiger partial charge on any atom is 0.245 e. The molecule has 1 atom stereocenters. The number of rotatable bonds is 3. The number of nitrogens with one attached hydrogen (secondary N) is 1. The minimum absolute atomic E-state index is 0.00974. The van der Waals surface area contributed by atoms with Crippen molar-refractivity contribution in [3.63, 3.8) is 0 Å². The summed E-state index contributed by atoms with van der Waals surface area (Å²) in [4.78, 5) is 28.0. The zero-order valence-electron chi connectivity index (χ0n) is 14.6. The van der Waals surface area contributed by atoms with Crippen LogP contribution in [0.2, 0.25) is 0 Å². The second kappa shape index (κ2) is 7.11. The molecule has 4 heterocycles. The minimum atomic E-state index is -0.314. The highest BCUT2D eigenvalue weighted by Crippen LogP contribution is 2.17. The monoisotopic (exact) mass is 346 g/mol. The Bertz CT molecular complexity index is 650. The van der Waals surface area contributed by atoms with Gasteiger partial charge in [-0.25, -0.2) is 0 Å². The van der Waals surface area contributed by atoms with E-state index in [-0.39, 0.29) is 17.9 Å². The maximum atomic E-state index is 12.5. The second-order valence-electron chi connectivity index (χ2n) is 7.25. The predicted molar refractivity (Wildman–Crippen MR) is 90.6 cm³/mol. The van der Waals surface area contributed by atoms with Crippen molar-refractivity contribution in [2.45, 2.75) is 57.7 Å².